The van der Waals surface area contributed by atoms with E-state index in [0.717, 1.165) is 33.8 Å². The van der Waals surface area contributed by atoms with Gasteiger partial charge in [-0.3, -0.25) is 4.40 Å². The van der Waals surface area contributed by atoms with E-state index in [4.69, 9.17) is 9.41 Å². The van der Waals surface area contributed by atoms with E-state index in [1.807, 2.05) is 47.0 Å². The molecule has 138 valence electrons. The van der Waals surface area contributed by atoms with E-state index < -0.39 is 8.32 Å². The maximum absolute atomic E-state index is 6.57. The summed E-state index contributed by atoms with van der Waals surface area (Å²) in [6.07, 6.45) is 1.95. The number of hydrogen-bond acceptors (Lipinski definition) is 4. The number of pyridine rings is 2. The van der Waals surface area contributed by atoms with Gasteiger partial charge in [0, 0.05) is 11.6 Å². The van der Waals surface area contributed by atoms with E-state index in [9.17, 15) is 0 Å². The Balaban J connectivity index is 1.85. The Morgan fingerprint density at radius 3 is 2.52 bits per heavy atom. The molecule has 0 spiro atoms. The van der Waals surface area contributed by atoms with Crippen molar-refractivity contribution >= 4 is 24.9 Å². The van der Waals surface area contributed by atoms with Crippen molar-refractivity contribution in [3.8, 4) is 17.3 Å². The standard InChI is InChI=1S/C21H24N4OSi/c1-21(2,3)27(4,5)26-17-10-8-9-15-12-13-16(22-19(15)17)20-24-23-18-11-6-7-14-25(18)20/h6-14H,1-5H3. The number of nitrogens with zero attached hydrogens (tertiary/aromatic N) is 4. The zero-order valence-electron chi connectivity index (χ0n) is 16.4. The molecule has 0 radical (unpaired) electrons. The lowest BCUT2D eigenvalue weighted by Gasteiger charge is -2.36. The minimum atomic E-state index is -1.96. The number of para-hydroxylation sites is 1. The Kier molecular flexibility index (Phi) is 4.03. The quantitative estimate of drug-likeness (QED) is 0.454. The van der Waals surface area contributed by atoms with Crippen LogP contribution in [0.5, 0.6) is 5.75 Å². The Hall–Kier alpha value is -2.73. The molecule has 0 saturated carbocycles. The molecule has 4 aromatic rings. The molecule has 0 amide bonds. The third-order valence-corrected chi connectivity index (χ3v) is 9.74. The number of fused-ring (bicyclic) bond motifs is 2. The predicted molar refractivity (Wildman–Crippen MR) is 112 cm³/mol. The van der Waals surface area contributed by atoms with Crippen LogP contribution in [0.1, 0.15) is 20.8 Å². The molecule has 6 heteroatoms. The van der Waals surface area contributed by atoms with Gasteiger partial charge in [-0.1, -0.05) is 45.0 Å². The smallest absolute Gasteiger partial charge is 0.250 e. The average Bonchev–Trinajstić information content (AvgIpc) is 3.04. The lowest BCUT2D eigenvalue weighted by atomic mass is 10.2. The summed E-state index contributed by atoms with van der Waals surface area (Å²) in [5.74, 6) is 1.57. The summed E-state index contributed by atoms with van der Waals surface area (Å²) >= 11 is 0. The Morgan fingerprint density at radius 1 is 0.926 bits per heavy atom. The fourth-order valence-electron chi connectivity index (χ4n) is 2.77. The Morgan fingerprint density at radius 2 is 1.74 bits per heavy atom. The van der Waals surface area contributed by atoms with Gasteiger partial charge in [0.05, 0.1) is 0 Å². The first-order valence-electron chi connectivity index (χ1n) is 9.15. The largest absolute Gasteiger partial charge is 0.542 e. The van der Waals surface area contributed by atoms with Gasteiger partial charge in [-0.05, 0) is 42.4 Å². The molecule has 0 unspecified atom stereocenters. The lowest BCUT2D eigenvalue weighted by molar-refractivity contribution is 0.495. The molecule has 0 aliphatic rings. The van der Waals surface area contributed by atoms with Crippen molar-refractivity contribution in [3.63, 3.8) is 0 Å². The van der Waals surface area contributed by atoms with Crippen LogP contribution in [0.3, 0.4) is 0 Å². The fourth-order valence-corrected chi connectivity index (χ4v) is 3.79. The van der Waals surface area contributed by atoms with Crippen LogP contribution >= 0.6 is 0 Å². The fraction of sp³-hybridized carbons (Fsp3) is 0.286. The molecule has 1 aromatic carbocycles. The summed E-state index contributed by atoms with van der Waals surface area (Å²) in [5.41, 5.74) is 2.46. The minimum Gasteiger partial charge on any atom is -0.542 e. The summed E-state index contributed by atoms with van der Waals surface area (Å²) in [4.78, 5) is 4.91. The van der Waals surface area contributed by atoms with Crippen LogP contribution in [-0.4, -0.2) is 27.9 Å². The number of rotatable bonds is 3. The summed E-state index contributed by atoms with van der Waals surface area (Å²) in [6, 6.07) is 16.0. The molecule has 0 atom stereocenters. The zero-order chi connectivity index (χ0) is 19.2. The third kappa shape index (κ3) is 3.10. The molecule has 0 aliphatic heterocycles. The van der Waals surface area contributed by atoms with Gasteiger partial charge in [0.15, 0.2) is 11.5 Å². The topological polar surface area (TPSA) is 52.3 Å². The maximum Gasteiger partial charge on any atom is 0.250 e. The van der Waals surface area contributed by atoms with Gasteiger partial charge in [-0.25, -0.2) is 4.98 Å². The Bertz CT molecular complexity index is 1130. The Labute approximate surface area is 160 Å². The van der Waals surface area contributed by atoms with Gasteiger partial charge in [-0.15, -0.1) is 10.2 Å². The van der Waals surface area contributed by atoms with Gasteiger partial charge >= 0.3 is 0 Å². The predicted octanol–water partition coefficient (Wildman–Crippen LogP) is 5.33. The molecule has 3 heterocycles. The van der Waals surface area contributed by atoms with E-state index in [2.05, 4.69) is 56.2 Å². The third-order valence-electron chi connectivity index (χ3n) is 5.40. The van der Waals surface area contributed by atoms with Crippen molar-refractivity contribution in [2.45, 2.75) is 38.9 Å². The van der Waals surface area contributed by atoms with Crippen LogP contribution in [-0.2, 0) is 0 Å². The molecule has 3 aromatic heterocycles. The molecule has 0 saturated heterocycles. The SMILES string of the molecule is CC(C)(C)[Si](C)(C)Oc1cccc2ccc(-c3nnc4ccccn34)nc12. The van der Waals surface area contributed by atoms with E-state index in [1.54, 1.807) is 0 Å². The second-order valence-electron chi connectivity index (χ2n) is 8.34. The van der Waals surface area contributed by atoms with Gasteiger partial charge in [0.25, 0.3) is 8.32 Å². The molecule has 0 bridgehead atoms. The van der Waals surface area contributed by atoms with Crippen molar-refractivity contribution in [2.75, 3.05) is 0 Å². The summed E-state index contributed by atoms with van der Waals surface area (Å²) in [7, 11) is -1.96. The van der Waals surface area contributed by atoms with Crippen LogP contribution < -0.4 is 4.43 Å². The van der Waals surface area contributed by atoms with Crippen molar-refractivity contribution in [1.82, 2.24) is 19.6 Å². The summed E-state index contributed by atoms with van der Waals surface area (Å²) in [5, 5.41) is 9.75. The van der Waals surface area contributed by atoms with E-state index in [-0.39, 0.29) is 5.04 Å². The van der Waals surface area contributed by atoms with Crippen LogP contribution in [0.15, 0.2) is 54.7 Å². The first kappa shape index (κ1) is 17.7. The van der Waals surface area contributed by atoms with E-state index >= 15 is 0 Å². The van der Waals surface area contributed by atoms with Crippen molar-refractivity contribution in [3.05, 3.63) is 54.7 Å². The minimum absolute atomic E-state index is 0.121. The number of hydrogen-bond donors (Lipinski definition) is 0. The molecule has 0 aliphatic carbocycles. The number of aromatic nitrogens is 4. The first-order chi connectivity index (χ1) is 12.8. The highest BCUT2D eigenvalue weighted by Gasteiger charge is 2.39. The van der Waals surface area contributed by atoms with Crippen molar-refractivity contribution in [1.29, 1.82) is 0 Å². The highest BCUT2D eigenvalue weighted by atomic mass is 28.4. The van der Waals surface area contributed by atoms with Crippen LogP contribution in [0.2, 0.25) is 18.1 Å². The highest BCUT2D eigenvalue weighted by Crippen LogP contribution is 2.39. The molecule has 4 rings (SSSR count). The molecular formula is C21H24N4OSi. The molecule has 5 nitrogen and oxygen atoms in total. The lowest BCUT2D eigenvalue weighted by Crippen LogP contribution is -2.43. The van der Waals surface area contributed by atoms with E-state index in [0.29, 0.717) is 0 Å². The normalized spacial score (nSPS) is 12.6. The van der Waals surface area contributed by atoms with Crippen LogP contribution in [0, 0.1) is 0 Å². The maximum atomic E-state index is 6.57. The van der Waals surface area contributed by atoms with Crippen LogP contribution in [0.4, 0.5) is 0 Å². The molecule has 27 heavy (non-hydrogen) atoms. The van der Waals surface area contributed by atoms with Gasteiger partial charge in [0.1, 0.15) is 17.0 Å². The molecule has 0 fully saturated rings. The second-order valence-corrected chi connectivity index (χ2v) is 13.1. The molecule has 0 N–H and O–H groups in total. The van der Waals surface area contributed by atoms with Crippen molar-refractivity contribution < 1.29 is 4.43 Å². The number of benzene rings is 1. The van der Waals surface area contributed by atoms with Crippen LogP contribution in [0.25, 0.3) is 28.1 Å². The molecular weight excluding hydrogens is 352 g/mol. The van der Waals surface area contributed by atoms with Gasteiger partial charge in [-0.2, -0.15) is 0 Å². The van der Waals surface area contributed by atoms with E-state index in [1.165, 1.54) is 0 Å². The van der Waals surface area contributed by atoms with Gasteiger partial charge < -0.3 is 4.43 Å². The summed E-state index contributed by atoms with van der Waals surface area (Å²) in [6.45, 7) is 11.2. The average molecular weight is 377 g/mol. The van der Waals surface area contributed by atoms with Gasteiger partial charge in [0.2, 0.25) is 0 Å². The monoisotopic (exact) mass is 376 g/mol. The first-order valence-corrected chi connectivity index (χ1v) is 12.1. The van der Waals surface area contributed by atoms with Crippen molar-refractivity contribution in [2.24, 2.45) is 0 Å². The zero-order valence-corrected chi connectivity index (χ0v) is 17.4. The summed E-state index contributed by atoms with van der Waals surface area (Å²) < 4.78 is 8.52. The second kappa shape index (κ2) is 6.16. The highest BCUT2D eigenvalue weighted by molar-refractivity contribution is 6.74.